The highest BCUT2D eigenvalue weighted by molar-refractivity contribution is 5.88. The molecule has 2 rings (SSSR count). The van der Waals surface area contributed by atoms with Crippen molar-refractivity contribution in [3.63, 3.8) is 0 Å². The molecule has 0 atom stereocenters. The molecule has 1 N–H and O–H groups in total. The number of carbonyl (C=O) groups is 2. The number of esters is 1. The van der Waals surface area contributed by atoms with E-state index < -0.39 is 11.6 Å². The van der Waals surface area contributed by atoms with E-state index in [1.165, 1.54) is 0 Å². The Bertz CT molecular complexity index is 702. The third kappa shape index (κ3) is 4.98. The molecule has 0 fully saturated rings. The first kappa shape index (κ1) is 21.6. The molecular weight excluding hydrogens is 354 g/mol. The average molecular weight is 383 g/mol. The zero-order valence-corrected chi connectivity index (χ0v) is 16.8. The normalized spacial score (nSPS) is 11.3. The summed E-state index contributed by atoms with van der Waals surface area (Å²) < 4.78 is 11.5. The molecule has 28 heavy (non-hydrogen) atoms. The fraction of sp³-hybridized carbons (Fsp3) is 0.391. The van der Waals surface area contributed by atoms with Gasteiger partial charge in [0.05, 0.1) is 0 Å². The molecule has 150 valence electrons. The number of rotatable bonds is 10. The highest BCUT2D eigenvalue weighted by Gasteiger charge is 2.45. The Hall–Kier alpha value is -2.66. The minimum Gasteiger partial charge on any atom is -0.453 e. The lowest BCUT2D eigenvalue weighted by Gasteiger charge is -2.32. The molecule has 0 aliphatic heterocycles. The molecule has 0 radical (unpaired) electrons. The number of carbonyl (C=O) groups excluding carboxylic acids is 2. The highest BCUT2D eigenvalue weighted by Crippen LogP contribution is 2.35. The summed E-state index contributed by atoms with van der Waals surface area (Å²) in [4.78, 5) is 25.5. The van der Waals surface area contributed by atoms with Crippen LogP contribution in [-0.4, -0.2) is 31.1 Å². The molecule has 0 aromatic heterocycles. The van der Waals surface area contributed by atoms with Crippen LogP contribution in [0.2, 0.25) is 0 Å². The molecule has 2 aromatic rings. The standard InChI is InChI=1S/C23H29NO4/c1-4-20(5-2)24-21(25)17-27-22(26)23(28-6-3,18-13-9-7-10-14-18)19-15-11-8-12-16-19/h7-16,20H,4-6,17H2,1-3H3,(H,24,25). The predicted octanol–water partition coefficient (Wildman–Crippen LogP) is 3.81. The Balaban J connectivity index is 2.31. The lowest BCUT2D eigenvalue weighted by Crippen LogP contribution is -2.44. The van der Waals surface area contributed by atoms with Crippen LogP contribution in [0.1, 0.15) is 44.7 Å². The number of benzene rings is 2. The largest absolute Gasteiger partial charge is 0.453 e. The Labute approximate surface area is 167 Å². The number of amides is 1. The summed E-state index contributed by atoms with van der Waals surface area (Å²) in [5, 5.41) is 2.88. The van der Waals surface area contributed by atoms with Gasteiger partial charge in [-0.1, -0.05) is 74.5 Å². The summed E-state index contributed by atoms with van der Waals surface area (Å²) in [5.74, 6) is -0.917. The van der Waals surface area contributed by atoms with Crippen LogP contribution in [0.3, 0.4) is 0 Å². The summed E-state index contributed by atoms with van der Waals surface area (Å²) >= 11 is 0. The van der Waals surface area contributed by atoms with Crippen molar-refractivity contribution in [2.24, 2.45) is 0 Å². The molecule has 0 spiro atoms. The smallest absolute Gasteiger partial charge is 0.348 e. The maximum absolute atomic E-state index is 13.3. The fourth-order valence-corrected chi connectivity index (χ4v) is 3.19. The average Bonchev–Trinajstić information content (AvgIpc) is 2.75. The lowest BCUT2D eigenvalue weighted by atomic mass is 9.86. The van der Waals surface area contributed by atoms with Gasteiger partial charge in [0.15, 0.2) is 6.61 Å². The first-order valence-electron chi connectivity index (χ1n) is 9.80. The number of hydrogen-bond acceptors (Lipinski definition) is 4. The van der Waals surface area contributed by atoms with Crippen molar-refractivity contribution in [2.75, 3.05) is 13.2 Å². The summed E-state index contributed by atoms with van der Waals surface area (Å²) in [6.07, 6.45) is 1.65. The molecule has 0 aliphatic rings. The van der Waals surface area contributed by atoms with Gasteiger partial charge in [0.25, 0.3) is 5.91 Å². The van der Waals surface area contributed by atoms with Crippen LogP contribution in [0, 0.1) is 0 Å². The van der Waals surface area contributed by atoms with Gasteiger partial charge in [-0.15, -0.1) is 0 Å². The zero-order valence-electron chi connectivity index (χ0n) is 16.8. The van der Waals surface area contributed by atoms with Gasteiger partial charge in [-0.05, 0) is 30.9 Å². The van der Waals surface area contributed by atoms with Crippen LogP contribution in [0.15, 0.2) is 60.7 Å². The molecular formula is C23H29NO4. The molecule has 1 amide bonds. The van der Waals surface area contributed by atoms with Crippen molar-refractivity contribution < 1.29 is 19.1 Å². The second kappa shape index (κ2) is 10.6. The molecule has 0 unspecified atom stereocenters. The van der Waals surface area contributed by atoms with Crippen LogP contribution in [0.25, 0.3) is 0 Å². The molecule has 5 heteroatoms. The van der Waals surface area contributed by atoms with Gasteiger partial charge in [0.1, 0.15) is 0 Å². The monoisotopic (exact) mass is 383 g/mol. The van der Waals surface area contributed by atoms with E-state index in [1.807, 2.05) is 81.4 Å². The van der Waals surface area contributed by atoms with E-state index in [-0.39, 0.29) is 18.6 Å². The Morgan fingerprint density at radius 3 is 1.82 bits per heavy atom. The first-order chi connectivity index (χ1) is 13.6. The van der Waals surface area contributed by atoms with Gasteiger partial charge in [-0.2, -0.15) is 0 Å². The summed E-state index contributed by atoms with van der Waals surface area (Å²) in [6.45, 7) is 5.80. The van der Waals surface area contributed by atoms with E-state index in [2.05, 4.69) is 5.32 Å². The van der Waals surface area contributed by atoms with Crippen LogP contribution in [-0.2, 0) is 24.7 Å². The van der Waals surface area contributed by atoms with E-state index in [1.54, 1.807) is 0 Å². The minimum absolute atomic E-state index is 0.0751. The third-order valence-corrected chi connectivity index (χ3v) is 4.69. The maximum Gasteiger partial charge on any atom is 0.348 e. The molecule has 0 aliphatic carbocycles. The summed E-state index contributed by atoms with van der Waals surface area (Å²) in [7, 11) is 0. The molecule has 0 saturated heterocycles. The van der Waals surface area contributed by atoms with Gasteiger partial charge in [-0.25, -0.2) is 4.79 Å². The number of ether oxygens (including phenoxy) is 2. The maximum atomic E-state index is 13.3. The van der Waals surface area contributed by atoms with Crippen molar-refractivity contribution in [3.8, 4) is 0 Å². The fourth-order valence-electron chi connectivity index (χ4n) is 3.19. The summed E-state index contributed by atoms with van der Waals surface area (Å²) in [5.41, 5.74) is -0.103. The lowest BCUT2D eigenvalue weighted by molar-refractivity contribution is -0.170. The SMILES string of the molecule is CCOC(C(=O)OCC(=O)NC(CC)CC)(c1ccccc1)c1ccccc1. The van der Waals surface area contributed by atoms with Crippen molar-refractivity contribution in [2.45, 2.75) is 45.3 Å². The van der Waals surface area contributed by atoms with Gasteiger partial charge in [0, 0.05) is 12.6 Å². The number of hydrogen-bond donors (Lipinski definition) is 1. The van der Waals surface area contributed by atoms with Crippen LogP contribution < -0.4 is 5.32 Å². The Morgan fingerprint density at radius 2 is 1.39 bits per heavy atom. The predicted molar refractivity (Wildman–Crippen MR) is 109 cm³/mol. The van der Waals surface area contributed by atoms with E-state index in [9.17, 15) is 9.59 Å². The molecule has 5 nitrogen and oxygen atoms in total. The third-order valence-electron chi connectivity index (χ3n) is 4.69. The van der Waals surface area contributed by atoms with E-state index in [0.29, 0.717) is 17.7 Å². The van der Waals surface area contributed by atoms with Gasteiger partial charge < -0.3 is 14.8 Å². The molecule has 0 saturated carbocycles. The molecule has 0 bridgehead atoms. The van der Waals surface area contributed by atoms with Crippen LogP contribution >= 0.6 is 0 Å². The van der Waals surface area contributed by atoms with Crippen molar-refractivity contribution in [3.05, 3.63) is 71.8 Å². The van der Waals surface area contributed by atoms with Crippen LogP contribution in [0.4, 0.5) is 0 Å². The Kier molecular flexibility index (Phi) is 8.20. The van der Waals surface area contributed by atoms with Crippen molar-refractivity contribution >= 4 is 11.9 Å². The zero-order chi connectivity index (χ0) is 20.4. The Morgan fingerprint density at radius 1 is 0.893 bits per heavy atom. The summed E-state index contributed by atoms with van der Waals surface area (Å²) in [6, 6.07) is 18.5. The van der Waals surface area contributed by atoms with Gasteiger partial charge in [0.2, 0.25) is 5.60 Å². The second-order valence-corrected chi connectivity index (χ2v) is 6.50. The van der Waals surface area contributed by atoms with Crippen molar-refractivity contribution in [1.82, 2.24) is 5.32 Å². The molecule has 0 heterocycles. The highest BCUT2D eigenvalue weighted by atomic mass is 16.6. The quantitative estimate of drug-likeness (QED) is 0.634. The van der Waals surface area contributed by atoms with E-state index in [4.69, 9.17) is 9.47 Å². The first-order valence-corrected chi connectivity index (χ1v) is 9.80. The molecule has 2 aromatic carbocycles. The van der Waals surface area contributed by atoms with Gasteiger partial charge in [-0.3, -0.25) is 4.79 Å². The van der Waals surface area contributed by atoms with E-state index >= 15 is 0 Å². The second-order valence-electron chi connectivity index (χ2n) is 6.50. The van der Waals surface area contributed by atoms with E-state index in [0.717, 1.165) is 12.8 Å². The van der Waals surface area contributed by atoms with Crippen LogP contribution in [0.5, 0.6) is 0 Å². The topological polar surface area (TPSA) is 64.6 Å². The van der Waals surface area contributed by atoms with Crippen molar-refractivity contribution in [1.29, 1.82) is 0 Å². The van der Waals surface area contributed by atoms with Gasteiger partial charge >= 0.3 is 5.97 Å². The number of nitrogens with one attached hydrogen (secondary N) is 1. The minimum atomic E-state index is -1.42.